The summed E-state index contributed by atoms with van der Waals surface area (Å²) in [5, 5.41) is 10.8. The monoisotopic (exact) mass is 783 g/mol. The van der Waals surface area contributed by atoms with Crippen LogP contribution < -0.4 is 15.1 Å². The summed E-state index contributed by atoms with van der Waals surface area (Å²) in [6.45, 7) is -0.0712. The van der Waals surface area contributed by atoms with E-state index >= 15 is 4.79 Å². The van der Waals surface area contributed by atoms with Crippen LogP contribution in [-0.2, 0) is 24.6 Å². The lowest BCUT2D eigenvalue weighted by Gasteiger charge is -2.50. The van der Waals surface area contributed by atoms with Crippen LogP contribution in [0.2, 0.25) is 5.02 Å². The standard InChI is InChI=1S/C40H32BrClFN3O6/c41-24-5-13-28(14-6-24)45-36(48)31-18-17-30-32(34(31)38(45)50)21-33-37(49)46(44-27-11-9-26(43)10-12-27)39(51)40(33,23-3-7-25(42)8-4-23)35(30)22-1-15-29(16-2-22)52-20-19-47/h1-17,31-35,44,47H,18-21H2. The summed E-state index contributed by atoms with van der Waals surface area (Å²) >= 11 is 9.79. The van der Waals surface area contributed by atoms with Crippen LogP contribution in [0.15, 0.2) is 113 Å². The van der Waals surface area contributed by atoms with E-state index in [4.69, 9.17) is 16.3 Å². The fourth-order valence-electron chi connectivity index (χ4n) is 8.79. The number of nitrogens with one attached hydrogen (secondary N) is 1. The molecule has 4 aliphatic rings. The van der Waals surface area contributed by atoms with Crippen molar-refractivity contribution in [1.82, 2.24) is 5.01 Å². The zero-order chi connectivity index (χ0) is 36.3. The molecular formula is C40H32BrClFN3O6. The topological polar surface area (TPSA) is 116 Å². The highest BCUT2D eigenvalue weighted by Crippen LogP contribution is 2.64. The Morgan fingerprint density at radius 2 is 1.56 bits per heavy atom. The third kappa shape index (κ3) is 5.36. The lowest BCUT2D eigenvalue weighted by Crippen LogP contribution is -2.53. The number of nitrogens with zero attached hydrogens (tertiary/aromatic N) is 2. The van der Waals surface area contributed by atoms with Crippen molar-refractivity contribution >= 4 is 62.5 Å². The van der Waals surface area contributed by atoms with Crippen molar-refractivity contribution in [1.29, 1.82) is 0 Å². The van der Waals surface area contributed by atoms with Crippen LogP contribution >= 0.6 is 27.5 Å². The quantitative estimate of drug-likeness (QED) is 0.149. The van der Waals surface area contributed by atoms with E-state index in [1.165, 1.54) is 29.2 Å². The van der Waals surface area contributed by atoms with Crippen molar-refractivity contribution in [3.05, 3.63) is 135 Å². The number of hydrogen-bond acceptors (Lipinski definition) is 7. The van der Waals surface area contributed by atoms with Crippen molar-refractivity contribution < 1.29 is 33.4 Å². The molecule has 264 valence electrons. The molecule has 0 aromatic heterocycles. The molecule has 2 saturated heterocycles. The van der Waals surface area contributed by atoms with Crippen LogP contribution in [-0.4, -0.2) is 47.0 Å². The minimum absolute atomic E-state index is 0.0951. The summed E-state index contributed by atoms with van der Waals surface area (Å²) in [6, 6.07) is 26.4. The molecule has 4 aromatic rings. The number of hydrazine groups is 1. The number of aliphatic hydroxyl groups is 1. The SMILES string of the molecule is O=C1C2CC3C(=CCC4C(=O)N(c5ccc(Br)cc5)C(=O)C43)C(c3ccc(OCCO)cc3)C2(c2ccc(Cl)cc2)C(=O)N1Nc1ccc(F)cc1. The molecule has 3 fully saturated rings. The summed E-state index contributed by atoms with van der Waals surface area (Å²) in [7, 11) is 0. The van der Waals surface area contributed by atoms with Gasteiger partial charge in [0.2, 0.25) is 11.8 Å². The van der Waals surface area contributed by atoms with Crippen molar-refractivity contribution in [2.75, 3.05) is 23.5 Å². The van der Waals surface area contributed by atoms with Crippen LogP contribution in [0, 0.1) is 29.5 Å². The van der Waals surface area contributed by atoms with Crippen molar-refractivity contribution in [3.63, 3.8) is 0 Å². The smallest absolute Gasteiger partial charge is 0.260 e. The van der Waals surface area contributed by atoms with Gasteiger partial charge < -0.3 is 9.84 Å². The van der Waals surface area contributed by atoms with Gasteiger partial charge in [-0.15, -0.1) is 0 Å². The third-order valence-electron chi connectivity index (χ3n) is 10.9. The molecule has 0 bridgehead atoms. The molecule has 0 radical (unpaired) electrons. The second kappa shape index (κ2) is 13.3. The summed E-state index contributed by atoms with van der Waals surface area (Å²) in [6.07, 6.45) is 2.40. The Kier molecular flexibility index (Phi) is 8.76. The van der Waals surface area contributed by atoms with Crippen LogP contribution in [0.25, 0.3) is 0 Å². The Balaban J connectivity index is 1.30. The average Bonchev–Trinajstić information content (AvgIpc) is 3.53. The number of anilines is 2. The number of imide groups is 2. The van der Waals surface area contributed by atoms with Crippen LogP contribution in [0.1, 0.15) is 29.9 Å². The highest BCUT2D eigenvalue weighted by Gasteiger charge is 2.70. The zero-order valence-corrected chi connectivity index (χ0v) is 29.9. The van der Waals surface area contributed by atoms with Crippen LogP contribution in [0.3, 0.4) is 0 Å². The maximum atomic E-state index is 15.2. The molecule has 2 heterocycles. The van der Waals surface area contributed by atoms with E-state index in [9.17, 15) is 23.9 Å². The predicted molar refractivity (Wildman–Crippen MR) is 195 cm³/mol. The molecule has 6 atom stereocenters. The lowest BCUT2D eigenvalue weighted by molar-refractivity contribution is -0.138. The Labute approximate surface area is 312 Å². The van der Waals surface area contributed by atoms with Gasteiger partial charge in [-0.05, 0) is 103 Å². The third-order valence-corrected chi connectivity index (χ3v) is 11.7. The molecular weight excluding hydrogens is 753 g/mol. The van der Waals surface area contributed by atoms with E-state index in [2.05, 4.69) is 21.4 Å². The number of rotatable bonds is 8. The van der Waals surface area contributed by atoms with Crippen LogP contribution in [0.5, 0.6) is 5.75 Å². The molecule has 8 rings (SSSR count). The number of allylic oxidation sites excluding steroid dienone is 2. The van der Waals surface area contributed by atoms with Gasteiger partial charge in [-0.25, -0.2) is 4.39 Å². The van der Waals surface area contributed by atoms with E-state index in [0.717, 1.165) is 15.1 Å². The summed E-state index contributed by atoms with van der Waals surface area (Å²) in [5.74, 6) is -5.24. The Morgan fingerprint density at radius 1 is 0.865 bits per heavy atom. The second-order valence-electron chi connectivity index (χ2n) is 13.5. The first-order valence-corrected chi connectivity index (χ1v) is 18.1. The Bertz CT molecular complexity index is 2110. The number of hydrogen-bond donors (Lipinski definition) is 2. The first-order valence-electron chi connectivity index (χ1n) is 17.0. The second-order valence-corrected chi connectivity index (χ2v) is 14.9. The number of carbonyl (C=O) groups is 4. The molecule has 1 saturated carbocycles. The summed E-state index contributed by atoms with van der Waals surface area (Å²) in [5.41, 5.74) is 4.36. The number of ether oxygens (including phenoxy) is 1. The Hall–Kier alpha value is -4.84. The normalized spacial score (nSPS) is 26.5. The number of aliphatic hydroxyl groups excluding tert-OH is 1. The molecule has 4 aromatic carbocycles. The highest BCUT2D eigenvalue weighted by atomic mass is 79.9. The molecule has 6 unspecified atom stereocenters. The molecule has 2 aliphatic carbocycles. The van der Waals surface area contributed by atoms with E-state index < -0.39 is 52.6 Å². The maximum absolute atomic E-state index is 15.2. The van der Waals surface area contributed by atoms with Gasteiger partial charge in [-0.2, -0.15) is 5.01 Å². The minimum atomic E-state index is -1.49. The average molecular weight is 785 g/mol. The Morgan fingerprint density at radius 3 is 2.23 bits per heavy atom. The van der Waals surface area contributed by atoms with Gasteiger partial charge in [0.15, 0.2) is 0 Å². The molecule has 2 aliphatic heterocycles. The van der Waals surface area contributed by atoms with E-state index in [1.54, 1.807) is 60.7 Å². The molecule has 2 N–H and O–H groups in total. The highest BCUT2D eigenvalue weighted by molar-refractivity contribution is 9.10. The molecule has 4 amide bonds. The van der Waals surface area contributed by atoms with Crippen LogP contribution in [0.4, 0.5) is 15.8 Å². The number of benzene rings is 4. The number of halogens is 3. The van der Waals surface area contributed by atoms with Gasteiger partial charge in [0.05, 0.1) is 41.2 Å². The first-order chi connectivity index (χ1) is 25.1. The molecule has 52 heavy (non-hydrogen) atoms. The largest absolute Gasteiger partial charge is 0.491 e. The van der Waals surface area contributed by atoms with Crippen molar-refractivity contribution in [2.45, 2.75) is 24.2 Å². The number of fused-ring (bicyclic) bond motifs is 4. The fourth-order valence-corrected chi connectivity index (χ4v) is 9.19. The summed E-state index contributed by atoms with van der Waals surface area (Å²) < 4.78 is 20.3. The van der Waals surface area contributed by atoms with E-state index in [-0.39, 0.29) is 37.9 Å². The van der Waals surface area contributed by atoms with Gasteiger partial charge in [0.1, 0.15) is 18.2 Å². The molecule has 0 spiro atoms. The van der Waals surface area contributed by atoms with Gasteiger partial charge >= 0.3 is 0 Å². The number of amides is 4. The van der Waals surface area contributed by atoms with Gasteiger partial charge in [0.25, 0.3) is 11.8 Å². The van der Waals surface area contributed by atoms with Crippen molar-refractivity contribution in [3.8, 4) is 5.75 Å². The minimum Gasteiger partial charge on any atom is -0.491 e. The lowest BCUT2D eigenvalue weighted by atomic mass is 9.49. The first kappa shape index (κ1) is 34.3. The van der Waals surface area contributed by atoms with Gasteiger partial charge in [0, 0.05) is 15.4 Å². The molecule has 9 nitrogen and oxygen atoms in total. The van der Waals surface area contributed by atoms with E-state index in [0.29, 0.717) is 33.3 Å². The fraction of sp³-hybridized carbons (Fsp3) is 0.250. The van der Waals surface area contributed by atoms with Crippen molar-refractivity contribution in [2.24, 2.45) is 23.7 Å². The molecule has 12 heteroatoms. The number of carbonyl (C=O) groups excluding carboxylic acids is 4. The van der Waals surface area contributed by atoms with Gasteiger partial charge in [-0.1, -0.05) is 63.4 Å². The predicted octanol–water partition coefficient (Wildman–Crippen LogP) is 6.80. The zero-order valence-electron chi connectivity index (χ0n) is 27.5. The summed E-state index contributed by atoms with van der Waals surface area (Å²) in [4.78, 5) is 59.7. The van der Waals surface area contributed by atoms with E-state index in [1.807, 2.05) is 18.2 Å². The van der Waals surface area contributed by atoms with Gasteiger partial charge in [-0.3, -0.25) is 29.5 Å². The maximum Gasteiger partial charge on any atom is 0.260 e.